The Balaban J connectivity index is 2.27. The number of aliphatic hydroxyl groups excluding tert-OH is 3. The van der Waals surface area contributed by atoms with Gasteiger partial charge in [-0.15, -0.1) is 0 Å². The second kappa shape index (κ2) is 47.8. The van der Waals surface area contributed by atoms with Crippen molar-refractivity contribution in [2.45, 2.75) is 314 Å². The lowest BCUT2D eigenvalue weighted by Gasteiger charge is -2.41. The summed E-state index contributed by atoms with van der Waals surface area (Å²) in [7, 11) is -5.06. The van der Waals surface area contributed by atoms with Crippen molar-refractivity contribution in [3.05, 3.63) is 12.2 Å². The fraction of sp³-hybridized carbons (Fsp3) is 0.946. The van der Waals surface area contributed by atoms with Crippen LogP contribution < -0.4 is 0 Å². The summed E-state index contributed by atoms with van der Waals surface area (Å²) in [4.78, 5) is 13.0. The maximum absolute atomic E-state index is 13.0. The number of hydrogen-bond donors (Lipinski definition) is 4. The molecule has 1 rings (SSSR count). The molecule has 1 fully saturated rings. The minimum Gasteiger partial charge on any atom is -0.457 e. The molecule has 0 bridgehead atoms. The number of ether oxygens (including phenoxy) is 4. The highest BCUT2D eigenvalue weighted by Gasteiger charge is 2.48. The number of hydrogen-bond acceptors (Lipinski definition) is 11. The van der Waals surface area contributed by atoms with Crippen LogP contribution in [-0.2, 0) is 38.3 Å². The van der Waals surface area contributed by atoms with E-state index in [-0.39, 0.29) is 19.6 Å². The number of allylic oxidation sites excluding steroid dienone is 2. The maximum atomic E-state index is 13.0. The third-order valence-electron chi connectivity index (χ3n) is 13.6. The zero-order valence-corrected chi connectivity index (χ0v) is 45.2. The molecular weight excluding hydrogens is 897 g/mol. The van der Waals surface area contributed by atoms with Crippen molar-refractivity contribution in [2.75, 3.05) is 26.4 Å². The molecule has 69 heavy (non-hydrogen) atoms. The fourth-order valence-electron chi connectivity index (χ4n) is 9.26. The van der Waals surface area contributed by atoms with Crippen molar-refractivity contribution >= 4 is 16.4 Å². The molecule has 12 nitrogen and oxygen atoms in total. The van der Waals surface area contributed by atoms with Gasteiger partial charge in [0, 0.05) is 13.0 Å². The molecule has 6 unspecified atom stereocenters. The Hall–Kier alpha value is -1.16. The van der Waals surface area contributed by atoms with Gasteiger partial charge >= 0.3 is 16.4 Å². The third kappa shape index (κ3) is 40.9. The summed E-state index contributed by atoms with van der Waals surface area (Å²) >= 11 is 0. The van der Waals surface area contributed by atoms with Crippen LogP contribution in [-0.4, -0.2) is 97.5 Å². The standard InChI is InChI=1S/C56H108O12S/c1-3-5-7-9-11-13-15-17-19-21-22-23-24-25-26-27-28-29-31-33-35-37-39-41-43-45-52(58)66-50(49-65-56-54(60)55(68-69(61,62)63)53(59)51(47-57)67-56)48-64-46-44-42-40-38-36-34-32-30-20-18-16-14-12-10-8-6-4-2/h21-22,50-51,53-57,59-60H,3-20,23-49H2,1-2H3,(H,61,62,63)/b22-21-. The molecule has 0 aliphatic carbocycles. The van der Waals surface area contributed by atoms with Gasteiger partial charge in [-0.2, -0.15) is 8.42 Å². The van der Waals surface area contributed by atoms with Crippen LogP contribution >= 0.6 is 0 Å². The van der Waals surface area contributed by atoms with E-state index in [0.717, 1.165) is 38.5 Å². The van der Waals surface area contributed by atoms with Crippen LogP contribution in [0.5, 0.6) is 0 Å². The Morgan fingerprint density at radius 3 is 1.30 bits per heavy atom. The number of rotatable bonds is 52. The van der Waals surface area contributed by atoms with E-state index in [4.69, 9.17) is 18.9 Å². The first-order chi connectivity index (χ1) is 33.6. The van der Waals surface area contributed by atoms with Gasteiger partial charge in [0.2, 0.25) is 0 Å². The summed E-state index contributed by atoms with van der Waals surface area (Å²) in [6.45, 7) is 4.06. The predicted molar refractivity (Wildman–Crippen MR) is 281 cm³/mol. The van der Waals surface area contributed by atoms with Crippen molar-refractivity contribution < 1.29 is 56.2 Å². The quantitative estimate of drug-likeness (QED) is 0.0196. The molecule has 1 heterocycles. The van der Waals surface area contributed by atoms with E-state index in [2.05, 4.69) is 30.2 Å². The molecule has 0 amide bonds. The highest BCUT2D eigenvalue weighted by molar-refractivity contribution is 7.80. The number of aliphatic hydroxyl groups is 3. The molecule has 0 saturated carbocycles. The second-order valence-electron chi connectivity index (χ2n) is 20.2. The van der Waals surface area contributed by atoms with E-state index in [0.29, 0.717) is 13.0 Å². The minimum atomic E-state index is -5.06. The lowest BCUT2D eigenvalue weighted by Crippen LogP contribution is -2.60. The highest BCUT2D eigenvalue weighted by Crippen LogP contribution is 2.26. The fourth-order valence-corrected chi connectivity index (χ4v) is 9.77. The number of carbonyl (C=O) groups excluding carboxylic acids is 1. The number of carbonyl (C=O) groups is 1. The zero-order chi connectivity index (χ0) is 50.3. The number of unbranched alkanes of at least 4 members (excludes halogenated alkanes) is 37. The van der Waals surface area contributed by atoms with E-state index >= 15 is 0 Å². The lowest BCUT2D eigenvalue weighted by molar-refractivity contribution is -0.301. The van der Waals surface area contributed by atoms with Gasteiger partial charge in [0.25, 0.3) is 0 Å². The summed E-state index contributed by atoms with van der Waals surface area (Å²) < 4.78 is 59.4. The monoisotopic (exact) mass is 1000 g/mol. The van der Waals surface area contributed by atoms with E-state index in [9.17, 15) is 33.1 Å². The molecule has 410 valence electrons. The van der Waals surface area contributed by atoms with E-state index in [1.165, 1.54) is 212 Å². The van der Waals surface area contributed by atoms with Crippen molar-refractivity contribution in [3.63, 3.8) is 0 Å². The van der Waals surface area contributed by atoms with E-state index < -0.39 is 59.8 Å². The van der Waals surface area contributed by atoms with Crippen molar-refractivity contribution in [1.82, 2.24) is 0 Å². The molecule has 0 aromatic carbocycles. The van der Waals surface area contributed by atoms with Crippen molar-refractivity contribution in [2.24, 2.45) is 0 Å². The molecule has 0 aromatic heterocycles. The van der Waals surface area contributed by atoms with Gasteiger partial charge in [0.15, 0.2) is 6.29 Å². The Labute approximate surface area is 423 Å². The van der Waals surface area contributed by atoms with E-state index in [1.807, 2.05) is 0 Å². The van der Waals surface area contributed by atoms with Gasteiger partial charge in [-0.3, -0.25) is 9.35 Å². The summed E-state index contributed by atoms with van der Waals surface area (Å²) in [6, 6.07) is 0. The smallest absolute Gasteiger partial charge is 0.397 e. The van der Waals surface area contributed by atoms with Crippen LogP contribution in [0.1, 0.15) is 277 Å². The van der Waals surface area contributed by atoms with Gasteiger partial charge in [0.05, 0.1) is 19.8 Å². The van der Waals surface area contributed by atoms with Crippen LogP contribution in [0.4, 0.5) is 0 Å². The molecular formula is C56H108O12S. The molecule has 1 aliphatic rings. The summed E-state index contributed by atoms with van der Waals surface area (Å²) in [6.07, 6.45) is 46.8. The molecule has 0 spiro atoms. The Morgan fingerprint density at radius 1 is 0.536 bits per heavy atom. The maximum Gasteiger partial charge on any atom is 0.397 e. The first kappa shape index (κ1) is 65.9. The van der Waals surface area contributed by atoms with Gasteiger partial charge in [-0.05, 0) is 38.5 Å². The van der Waals surface area contributed by atoms with Crippen LogP contribution in [0.15, 0.2) is 12.2 Å². The topological polar surface area (TPSA) is 178 Å². The summed E-state index contributed by atoms with van der Waals surface area (Å²) in [5.74, 6) is -0.392. The van der Waals surface area contributed by atoms with Crippen LogP contribution in [0.25, 0.3) is 0 Å². The first-order valence-electron chi connectivity index (χ1n) is 28.9. The number of esters is 1. The van der Waals surface area contributed by atoms with Crippen LogP contribution in [0.2, 0.25) is 0 Å². The summed E-state index contributed by atoms with van der Waals surface area (Å²) in [5, 5.41) is 30.8. The molecule has 13 heteroatoms. The average Bonchev–Trinajstić information content (AvgIpc) is 3.32. The third-order valence-corrected chi connectivity index (χ3v) is 14.1. The summed E-state index contributed by atoms with van der Waals surface area (Å²) in [5.41, 5.74) is 0. The molecule has 0 aromatic rings. The molecule has 0 radical (unpaired) electrons. The zero-order valence-electron chi connectivity index (χ0n) is 44.4. The van der Waals surface area contributed by atoms with Gasteiger partial charge in [-0.1, -0.05) is 244 Å². The van der Waals surface area contributed by atoms with Crippen LogP contribution in [0, 0.1) is 0 Å². The van der Waals surface area contributed by atoms with Gasteiger partial charge < -0.3 is 34.3 Å². The second-order valence-corrected chi connectivity index (χ2v) is 21.3. The SMILES string of the molecule is CCCCCCCCCC/C=C\CCCCCCCCCCCCCCCC(=O)OC(COCCCCCCCCCCCCCCCCCCC)COC1OC(CO)C(O)C(OS(=O)(=O)O)C1O. The molecule has 4 N–H and O–H groups in total. The van der Waals surface area contributed by atoms with Gasteiger partial charge in [0.1, 0.15) is 30.5 Å². The molecule has 1 saturated heterocycles. The average molecular weight is 1010 g/mol. The lowest BCUT2D eigenvalue weighted by atomic mass is 9.99. The largest absolute Gasteiger partial charge is 0.457 e. The van der Waals surface area contributed by atoms with Crippen molar-refractivity contribution in [3.8, 4) is 0 Å². The Kier molecular flexibility index (Phi) is 45.6. The Bertz CT molecular complexity index is 1250. The normalized spacial score (nSPS) is 19.2. The first-order valence-corrected chi connectivity index (χ1v) is 30.3. The predicted octanol–water partition coefficient (Wildman–Crippen LogP) is 14.1. The molecule has 6 atom stereocenters. The minimum absolute atomic E-state index is 0.0431. The highest BCUT2D eigenvalue weighted by atomic mass is 32.3. The van der Waals surface area contributed by atoms with Gasteiger partial charge in [-0.25, -0.2) is 4.18 Å². The van der Waals surface area contributed by atoms with E-state index in [1.54, 1.807) is 0 Å². The van der Waals surface area contributed by atoms with Crippen molar-refractivity contribution in [1.29, 1.82) is 0 Å². The molecule has 1 aliphatic heterocycles. The van der Waals surface area contributed by atoms with Crippen LogP contribution in [0.3, 0.4) is 0 Å². The Morgan fingerprint density at radius 2 is 0.913 bits per heavy atom.